The third-order valence-electron chi connectivity index (χ3n) is 7.00. The Morgan fingerprint density at radius 1 is 0.941 bits per heavy atom. The van der Waals surface area contributed by atoms with Gasteiger partial charge in [0.15, 0.2) is 0 Å². The maximum absolute atomic E-state index is 14.2. The van der Waals surface area contributed by atoms with Gasteiger partial charge in [-0.2, -0.15) is 0 Å². The highest BCUT2D eigenvalue weighted by atomic mass is 32.2. The Labute approximate surface area is 197 Å². The zero-order chi connectivity index (χ0) is 23.7. The fourth-order valence-corrected chi connectivity index (χ4v) is 7.17. The highest BCUT2D eigenvalue weighted by Crippen LogP contribution is 2.57. The molecule has 1 fully saturated rings. The van der Waals surface area contributed by atoms with Crippen molar-refractivity contribution >= 4 is 32.6 Å². The van der Waals surface area contributed by atoms with Crippen molar-refractivity contribution in [3.05, 3.63) is 95.7 Å². The van der Waals surface area contributed by atoms with Gasteiger partial charge in [0.1, 0.15) is 22.6 Å². The Morgan fingerprint density at radius 3 is 2.35 bits per heavy atom. The fourth-order valence-electron chi connectivity index (χ4n) is 5.41. The molecule has 172 valence electrons. The van der Waals surface area contributed by atoms with Crippen LogP contribution in [0.1, 0.15) is 36.1 Å². The van der Waals surface area contributed by atoms with Crippen LogP contribution >= 0.6 is 0 Å². The molecule has 1 saturated heterocycles. The summed E-state index contributed by atoms with van der Waals surface area (Å²) in [6, 6.07) is 23.1. The van der Waals surface area contributed by atoms with Gasteiger partial charge in [0.05, 0.1) is 23.3 Å². The number of hydrogen-bond acceptors (Lipinski definition) is 5. The Balaban J connectivity index is 1.69. The second kappa shape index (κ2) is 7.21. The van der Waals surface area contributed by atoms with E-state index in [0.29, 0.717) is 22.4 Å². The molecule has 6 nitrogen and oxygen atoms in total. The number of para-hydroxylation sites is 1. The van der Waals surface area contributed by atoms with E-state index in [1.807, 2.05) is 68.4 Å². The molecule has 1 aromatic heterocycles. The first kappa shape index (κ1) is 21.0. The Morgan fingerprint density at radius 2 is 1.62 bits per heavy atom. The zero-order valence-electron chi connectivity index (χ0n) is 18.8. The highest BCUT2D eigenvalue weighted by molar-refractivity contribution is 7.93. The second-order valence-electron chi connectivity index (χ2n) is 9.15. The van der Waals surface area contributed by atoms with Crippen molar-refractivity contribution in [2.24, 2.45) is 0 Å². The summed E-state index contributed by atoms with van der Waals surface area (Å²) in [6.45, 7) is 3.72. The monoisotopic (exact) mass is 473 g/mol. The molecule has 4 aromatic rings. The van der Waals surface area contributed by atoms with Gasteiger partial charge in [-0.05, 0) is 43.7 Å². The van der Waals surface area contributed by atoms with Gasteiger partial charge >= 0.3 is 5.97 Å². The lowest BCUT2D eigenvalue weighted by Crippen LogP contribution is -2.57. The number of fused-ring (bicyclic) bond motifs is 4. The van der Waals surface area contributed by atoms with E-state index in [1.165, 1.54) is 4.31 Å². The van der Waals surface area contributed by atoms with Crippen LogP contribution in [0.25, 0.3) is 11.0 Å². The van der Waals surface area contributed by atoms with Gasteiger partial charge < -0.3 is 9.15 Å². The van der Waals surface area contributed by atoms with Crippen molar-refractivity contribution in [1.29, 1.82) is 0 Å². The smallest absolute Gasteiger partial charge is 0.308 e. The number of carbonyl (C=O) groups is 1. The van der Waals surface area contributed by atoms with E-state index in [9.17, 15) is 13.2 Å². The standard InChI is InChI=1S/C27H23NO5S/c1-17-12-14-19(15-13-17)34(30,31)28-22-16-23(29)33-27(22,2)24(18-8-4-3-5-9-18)26-25(28)20-10-6-7-11-21(20)32-26/h3-15,22,24H,16H2,1-2H3/t22-,24+,27+/m1/s1. The Hall–Kier alpha value is -3.58. The van der Waals surface area contributed by atoms with E-state index >= 15 is 0 Å². The lowest BCUT2D eigenvalue weighted by Gasteiger charge is -2.46. The van der Waals surface area contributed by atoms with Crippen LogP contribution in [0.15, 0.2) is 88.2 Å². The average Bonchev–Trinajstić information content (AvgIpc) is 3.33. The molecule has 0 bridgehead atoms. The summed E-state index contributed by atoms with van der Waals surface area (Å²) >= 11 is 0. The fraction of sp³-hybridized carbons (Fsp3) is 0.222. The normalized spacial score (nSPS) is 24.1. The number of furan rings is 1. The first-order valence-corrected chi connectivity index (χ1v) is 12.6. The van der Waals surface area contributed by atoms with Crippen molar-refractivity contribution in [2.75, 3.05) is 4.31 Å². The van der Waals surface area contributed by atoms with Crippen LogP contribution in [0.2, 0.25) is 0 Å². The van der Waals surface area contributed by atoms with Crippen molar-refractivity contribution in [3.8, 4) is 0 Å². The summed E-state index contributed by atoms with van der Waals surface area (Å²) in [5.74, 6) is -0.402. The quantitative estimate of drug-likeness (QED) is 0.384. The summed E-state index contributed by atoms with van der Waals surface area (Å²) in [6.07, 6.45) is -0.0378. The SMILES string of the molecule is Cc1ccc(S(=O)(=O)N2c3c(oc4ccccc34)[C@H](c3ccccc3)[C@@]3(C)OC(=O)C[C@@H]23)cc1. The molecule has 0 unspecified atom stereocenters. The van der Waals surface area contributed by atoms with Crippen LogP contribution in [0.4, 0.5) is 5.69 Å². The lowest BCUT2D eigenvalue weighted by atomic mass is 9.74. The first-order chi connectivity index (χ1) is 16.3. The lowest BCUT2D eigenvalue weighted by molar-refractivity contribution is -0.148. The molecular weight excluding hydrogens is 450 g/mol. The van der Waals surface area contributed by atoms with Crippen LogP contribution in [-0.4, -0.2) is 26.0 Å². The average molecular weight is 474 g/mol. The molecular formula is C27H23NO5S. The van der Waals surface area contributed by atoms with Crippen LogP contribution in [0.3, 0.4) is 0 Å². The Kier molecular flexibility index (Phi) is 4.45. The predicted octanol–water partition coefficient (Wildman–Crippen LogP) is 5.16. The minimum Gasteiger partial charge on any atom is -0.458 e. The molecule has 3 heterocycles. The number of sulfonamides is 1. The zero-order valence-corrected chi connectivity index (χ0v) is 19.6. The van der Waals surface area contributed by atoms with Gasteiger partial charge in [-0.3, -0.25) is 9.10 Å². The van der Waals surface area contributed by atoms with Gasteiger partial charge in [0, 0.05) is 5.39 Å². The third-order valence-corrected chi connectivity index (χ3v) is 8.82. The largest absolute Gasteiger partial charge is 0.458 e. The van der Waals surface area contributed by atoms with Gasteiger partial charge in [-0.1, -0.05) is 60.2 Å². The molecule has 2 aliphatic rings. The van der Waals surface area contributed by atoms with Gasteiger partial charge in [0.25, 0.3) is 10.0 Å². The number of anilines is 1. The highest BCUT2D eigenvalue weighted by Gasteiger charge is 2.62. The molecule has 0 saturated carbocycles. The maximum Gasteiger partial charge on any atom is 0.308 e. The van der Waals surface area contributed by atoms with Gasteiger partial charge in [-0.15, -0.1) is 0 Å². The van der Waals surface area contributed by atoms with Gasteiger partial charge in [0.2, 0.25) is 0 Å². The maximum atomic E-state index is 14.2. The van der Waals surface area contributed by atoms with Gasteiger partial charge in [-0.25, -0.2) is 8.42 Å². The van der Waals surface area contributed by atoms with Crippen LogP contribution < -0.4 is 4.31 Å². The summed E-state index contributed by atoms with van der Waals surface area (Å²) in [5, 5.41) is 0.690. The summed E-state index contributed by atoms with van der Waals surface area (Å²) in [4.78, 5) is 12.9. The van der Waals surface area contributed by atoms with E-state index < -0.39 is 33.6 Å². The summed E-state index contributed by atoms with van der Waals surface area (Å²) in [7, 11) is -4.03. The van der Waals surface area contributed by atoms with E-state index in [0.717, 1.165) is 11.1 Å². The number of carbonyl (C=O) groups excluding carboxylic acids is 1. The molecule has 0 N–H and O–H groups in total. The van der Waals surface area contributed by atoms with E-state index in [2.05, 4.69) is 0 Å². The molecule has 3 atom stereocenters. The molecule has 0 aliphatic carbocycles. The van der Waals surface area contributed by atoms with E-state index in [-0.39, 0.29) is 11.3 Å². The van der Waals surface area contributed by atoms with E-state index in [1.54, 1.807) is 24.3 Å². The van der Waals surface area contributed by atoms with Crippen LogP contribution in [0, 0.1) is 6.92 Å². The van der Waals surface area contributed by atoms with Crippen LogP contribution in [-0.2, 0) is 19.6 Å². The minimum atomic E-state index is -4.03. The number of benzene rings is 3. The van der Waals surface area contributed by atoms with Crippen molar-refractivity contribution in [1.82, 2.24) is 0 Å². The van der Waals surface area contributed by atoms with Crippen molar-refractivity contribution < 1.29 is 22.4 Å². The number of esters is 1. The van der Waals surface area contributed by atoms with Crippen LogP contribution in [0.5, 0.6) is 0 Å². The molecule has 3 aromatic carbocycles. The molecule has 0 spiro atoms. The number of nitrogens with zero attached hydrogens (tertiary/aromatic N) is 1. The third kappa shape index (κ3) is 2.86. The molecule has 34 heavy (non-hydrogen) atoms. The predicted molar refractivity (Wildman–Crippen MR) is 128 cm³/mol. The molecule has 0 amide bonds. The number of ether oxygens (including phenoxy) is 1. The summed E-state index contributed by atoms with van der Waals surface area (Å²) < 4.78 is 42.0. The number of aryl methyl sites for hydroxylation is 1. The van der Waals surface area contributed by atoms with Crippen molar-refractivity contribution in [3.63, 3.8) is 0 Å². The number of hydrogen-bond donors (Lipinski definition) is 0. The second-order valence-corrected chi connectivity index (χ2v) is 11.0. The molecule has 6 rings (SSSR count). The Bertz CT molecular complexity index is 1520. The van der Waals surface area contributed by atoms with Crippen molar-refractivity contribution in [2.45, 2.75) is 42.7 Å². The van der Waals surface area contributed by atoms with E-state index in [4.69, 9.17) is 9.15 Å². The molecule has 7 heteroatoms. The molecule has 2 aliphatic heterocycles. The first-order valence-electron chi connectivity index (χ1n) is 11.2. The summed E-state index contributed by atoms with van der Waals surface area (Å²) in [5.41, 5.74) is 1.79. The number of rotatable bonds is 3. The minimum absolute atomic E-state index is 0.0378. The topological polar surface area (TPSA) is 76.8 Å². The molecule has 0 radical (unpaired) electrons.